The van der Waals surface area contributed by atoms with Gasteiger partial charge in [0.1, 0.15) is 11.5 Å². The van der Waals surface area contributed by atoms with Crippen LogP contribution in [0.3, 0.4) is 0 Å². The first-order valence-corrected chi connectivity index (χ1v) is 5.95. The topological polar surface area (TPSA) is 39.2 Å². The standard InChI is InChI=1S/C14H14F3NO/c1-2-11(18)13-8-7-12(19-13)9-5-3-4-6-10(9)14(15,16)17/h3-8,11H,2,18H2,1H3. The highest BCUT2D eigenvalue weighted by molar-refractivity contribution is 5.63. The van der Waals surface area contributed by atoms with Gasteiger partial charge in [0.05, 0.1) is 11.6 Å². The highest BCUT2D eigenvalue weighted by Gasteiger charge is 2.34. The maximum absolute atomic E-state index is 12.9. The highest BCUT2D eigenvalue weighted by Crippen LogP contribution is 2.37. The van der Waals surface area contributed by atoms with E-state index in [0.717, 1.165) is 6.07 Å². The van der Waals surface area contributed by atoms with Gasteiger partial charge in [-0.05, 0) is 24.6 Å². The molecule has 2 nitrogen and oxygen atoms in total. The van der Waals surface area contributed by atoms with Crippen molar-refractivity contribution in [2.75, 3.05) is 0 Å². The van der Waals surface area contributed by atoms with Crippen LogP contribution >= 0.6 is 0 Å². The van der Waals surface area contributed by atoms with Crippen molar-refractivity contribution in [3.8, 4) is 11.3 Å². The molecule has 19 heavy (non-hydrogen) atoms. The summed E-state index contributed by atoms with van der Waals surface area (Å²) in [4.78, 5) is 0. The lowest BCUT2D eigenvalue weighted by molar-refractivity contribution is -0.137. The lowest BCUT2D eigenvalue weighted by Crippen LogP contribution is -2.07. The molecule has 5 heteroatoms. The summed E-state index contributed by atoms with van der Waals surface area (Å²) in [6.45, 7) is 1.89. The van der Waals surface area contributed by atoms with Crippen LogP contribution < -0.4 is 5.73 Å². The molecule has 0 radical (unpaired) electrons. The molecule has 0 spiro atoms. The van der Waals surface area contributed by atoms with Gasteiger partial charge in [0.25, 0.3) is 0 Å². The number of hydrogen-bond donors (Lipinski definition) is 1. The molecule has 1 heterocycles. The van der Waals surface area contributed by atoms with Crippen molar-refractivity contribution in [2.24, 2.45) is 5.73 Å². The lowest BCUT2D eigenvalue weighted by atomic mass is 10.1. The van der Waals surface area contributed by atoms with Gasteiger partial charge in [0, 0.05) is 5.56 Å². The minimum absolute atomic E-state index is 0.0320. The Kier molecular flexibility index (Phi) is 3.66. The molecule has 1 aromatic carbocycles. The van der Waals surface area contributed by atoms with E-state index in [4.69, 9.17) is 10.2 Å². The Hall–Kier alpha value is -1.75. The number of hydrogen-bond acceptors (Lipinski definition) is 2. The van der Waals surface area contributed by atoms with E-state index in [-0.39, 0.29) is 17.4 Å². The molecular weight excluding hydrogens is 255 g/mol. The van der Waals surface area contributed by atoms with Crippen molar-refractivity contribution in [2.45, 2.75) is 25.6 Å². The lowest BCUT2D eigenvalue weighted by Gasteiger charge is -2.11. The monoisotopic (exact) mass is 269 g/mol. The predicted octanol–water partition coefficient (Wildman–Crippen LogP) is 4.38. The van der Waals surface area contributed by atoms with Gasteiger partial charge < -0.3 is 10.2 Å². The number of benzene rings is 1. The molecule has 0 bridgehead atoms. The number of furan rings is 1. The fraction of sp³-hybridized carbons (Fsp3) is 0.286. The third-order valence-electron chi connectivity index (χ3n) is 2.93. The zero-order chi connectivity index (χ0) is 14.0. The molecule has 2 N–H and O–H groups in total. The van der Waals surface area contributed by atoms with Gasteiger partial charge in [-0.25, -0.2) is 0 Å². The molecule has 0 aliphatic carbocycles. The van der Waals surface area contributed by atoms with Crippen molar-refractivity contribution < 1.29 is 17.6 Å². The Labute approximate surface area is 109 Å². The molecule has 0 saturated heterocycles. The van der Waals surface area contributed by atoms with Crippen molar-refractivity contribution in [3.05, 3.63) is 47.7 Å². The zero-order valence-corrected chi connectivity index (χ0v) is 10.4. The largest absolute Gasteiger partial charge is 0.459 e. The average molecular weight is 269 g/mol. The molecule has 1 unspecified atom stereocenters. The predicted molar refractivity (Wildman–Crippen MR) is 66.4 cm³/mol. The molecule has 0 amide bonds. The van der Waals surface area contributed by atoms with Crippen molar-refractivity contribution in [1.29, 1.82) is 0 Å². The minimum atomic E-state index is -4.41. The van der Waals surface area contributed by atoms with Crippen molar-refractivity contribution in [3.63, 3.8) is 0 Å². The molecule has 0 fully saturated rings. The maximum Gasteiger partial charge on any atom is 0.417 e. The Morgan fingerprint density at radius 1 is 1.16 bits per heavy atom. The number of rotatable bonds is 3. The Balaban J connectivity index is 2.45. The summed E-state index contributed by atoms with van der Waals surface area (Å²) >= 11 is 0. The van der Waals surface area contributed by atoms with Crippen LogP contribution in [0.1, 0.15) is 30.7 Å². The van der Waals surface area contributed by atoms with Crippen molar-refractivity contribution in [1.82, 2.24) is 0 Å². The Bertz CT molecular complexity index is 560. The second-order valence-corrected chi connectivity index (χ2v) is 4.26. The van der Waals surface area contributed by atoms with E-state index in [1.807, 2.05) is 6.92 Å². The summed E-state index contributed by atoms with van der Waals surface area (Å²) in [7, 11) is 0. The first kappa shape index (κ1) is 13.7. The van der Waals surface area contributed by atoms with Gasteiger partial charge in [-0.1, -0.05) is 25.1 Å². The van der Waals surface area contributed by atoms with Crippen LogP contribution in [0.25, 0.3) is 11.3 Å². The molecule has 2 aromatic rings. The van der Waals surface area contributed by atoms with E-state index in [1.165, 1.54) is 18.2 Å². The Morgan fingerprint density at radius 3 is 2.47 bits per heavy atom. The van der Waals surface area contributed by atoms with Crippen LogP contribution in [-0.4, -0.2) is 0 Å². The number of nitrogens with two attached hydrogens (primary N) is 1. The molecule has 1 aromatic heterocycles. The van der Waals surface area contributed by atoms with Crippen molar-refractivity contribution >= 4 is 0 Å². The van der Waals surface area contributed by atoms with Crippen LogP contribution in [0.2, 0.25) is 0 Å². The summed E-state index contributed by atoms with van der Waals surface area (Å²) in [5.41, 5.74) is 5.12. The average Bonchev–Trinajstić information content (AvgIpc) is 2.86. The molecule has 2 rings (SSSR count). The number of alkyl halides is 3. The molecule has 0 aliphatic rings. The summed E-state index contributed by atoms with van der Waals surface area (Å²) < 4.78 is 44.1. The first-order valence-electron chi connectivity index (χ1n) is 5.95. The summed E-state index contributed by atoms with van der Waals surface area (Å²) in [5.74, 6) is 0.682. The molecule has 0 aliphatic heterocycles. The van der Waals surface area contributed by atoms with Gasteiger partial charge in [0.2, 0.25) is 0 Å². The van der Waals surface area contributed by atoms with E-state index in [0.29, 0.717) is 12.2 Å². The summed E-state index contributed by atoms with van der Waals surface area (Å²) in [5, 5.41) is 0. The van der Waals surface area contributed by atoms with E-state index in [1.54, 1.807) is 12.1 Å². The zero-order valence-electron chi connectivity index (χ0n) is 10.4. The first-order chi connectivity index (χ1) is 8.93. The molecular formula is C14H14F3NO. The van der Waals surface area contributed by atoms with Gasteiger partial charge in [-0.15, -0.1) is 0 Å². The normalized spacial score (nSPS) is 13.5. The van der Waals surface area contributed by atoms with Crippen LogP contribution in [0, 0.1) is 0 Å². The third kappa shape index (κ3) is 2.81. The van der Waals surface area contributed by atoms with Gasteiger partial charge in [-0.3, -0.25) is 0 Å². The second-order valence-electron chi connectivity index (χ2n) is 4.26. The fourth-order valence-electron chi connectivity index (χ4n) is 1.84. The van der Waals surface area contributed by atoms with Gasteiger partial charge >= 0.3 is 6.18 Å². The smallest absolute Gasteiger partial charge is 0.417 e. The fourth-order valence-corrected chi connectivity index (χ4v) is 1.84. The maximum atomic E-state index is 12.9. The number of halogens is 3. The van der Waals surface area contributed by atoms with E-state index >= 15 is 0 Å². The minimum Gasteiger partial charge on any atom is -0.459 e. The highest BCUT2D eigenvalue weighted by atomic mass is 19.4. The molecule has 0 saturated carbocycles. The molecule has 102 valence electrons. The van der Waals surface area contributed by atoms with E-state index < -0.39 is 11.7 Å². The quantitative estimate of drug-likeness (QED) is 0.898. The molecule has 1 atom stereocenters. The Morgan fingerprint density at radius 2 is 1.84 bits per heavy atom. The summed E-state index contributed by atoms with van der Waals surface area (Å²) in [6, 6.07) is 8.18. The van der Waals surface area contributed by atoms with Crippen LogP contribution in [0.15, 0.2) is 40.8 Å². The second kappa shape index (κ2) is 5.09. The van der Waals surface area contributed by atoms with Gasteiger partial charge in [-0.2, -0.15) is 13.2 Å². The van der Waals surface area contributed by atoms with E-state index in [2.05, 4.69) is 0 Å². The SMILES string of the molecule is CCC(N)c1ccc(-c2ccccc2C(F)(F)F)o1. The summed E-state index contributed by atoms with van der Waals surface area (Å²) in [6.07, 6.45) is -3.75. The van der Waals surface area contributed by atoms with Crippen LogP contribution in [0.5, 0.6) is 0 Å². The van der Waals surface area contributed by atoms with Crippen LogP contribution in [0.4, 0.5) is 13.2 Å². The van der Waals surface area contributed by atoms with E-state index in [9.17, 15) is 13.2 Å². The van der Waals surface area contributed by atoms with Crippen LogP contribution in [-0.2, 0) is 6.18 Å². The van der Waals surface area contributed by atoms with Gasteiger partial charge in [0.15, 0.2) is 0 Å². The third-order valence-corrected chi connectivity index (χ3v) is 2.93.